The second-order valence-corrected chi connectivity index (χ2v) is 21.7. The van der Waals surface area contributed by atoms with Crippen LogP contribution in [-0.2, 0) is 32.7 Å². The van der Waals surface area contributed by atoms with Gasteiger partial charge in [0.2, 0.25) is 0 Å². The van der Waals surface area contributed by atoms with E-state index in [0.717, 1.165) is 70.6 Å². The summed E-state index contributed by atoms with van der Waals surface area (Å²) in [5.41, 5.74) is 0. The SMILES string of the molecule is CCCCCC/C=C\C/C=C\CCCCCCCC(=O)OCC(COP(=O)([O-])OCC[N+](C)(C)C)OC(=O)CCCCCCCCCCCCCCCC/C=C\C/C=C\C/C=C\CCCCCCC. The molecule has 0 saturated heterocycles. The van der Waals surface area contributed by atoms with Gasteiger partial charge >= 0.3 is 11.9 Å². The lowest BCUT2D eigenvalue weighted by molar-refractivity contribution is -0.870. The Balaban J connectivity index is 4.14. The van der Waals surface area contributed by atoms with Crippen LogP contribution in [-0.4, -0.2) is 70.0 Å². The second kappa shape index (κ2) is 50.6. The number of esters is 2. The molecule has 0 aliphatic rings. The molecule has 69 heavy (non-hydrogen) atoms. The van der Waals surface area contributed by atoms with Crippen LogP contribution in [0.4, 0.5) is 0 Å². The number of nitrogens with zero attached hydrogens (tertiary/aromatic N) is 1. The van der Waals surface area contributed by atoms with Crippen LogP contribution in [0.25, 0.3) is 0 Å². The number of carbonyl (C=O) groups excluding carboxylic acids is 2. The highest BCUT2D eigenvalue weighted by molar-refractivity contribution is 7.45. The zero-order valence-corrected chi connectivity index (χ0v) is 46.4. The van der Waals surface area contributed by atoms with Gasteiger partial charge in [0.05, 0.1) is 27.7 Å². The largest absolute Gasteiger partial charge is 0.756 e. The van der Waals surface area contributed by atoms with E-state index in [1.165, 1.54) is 141 Å². The quantitative estimate of drug-likeness (QED) is 0.0195. The number of unbranched alkanes of at least 4 members (excludes halogenated alkanes) is 28. The summed E-state index contributed by atoms with van der Waals surface area (Å²) in [7, 11) is 1.16. The Hall–Kier alpha value is -2.29. The topological polar surface area (TPSA) is 111 Å². The van der Waals surface area contributed by atoms with E-state index in [9.17, 15) is 19.0 Å². The first-order chi connectivity index (χ1) is 33.5. The number of likely N-dealkylation sites (N-methyl/N-ethyl adjacent to an activating group) is 1. The van der Waals surface area contributed by atoms with E-state index in [4.69, 9.17) is 18.5 Å². The molecule has 0 rings (SSSR count). The number of hydrogen-bond acceptors (Lipinski definition) is 8. The average molecular weight is 990 g/mol. The molecule has 0 saturated carbocycles. The van der Waals surface area contributed by atoms with E-state index in [0.29, 0.717) is 23.9 Å². The van der Waals surface area contributed by atoms with E-state index >= 15 is 0 Å². The van der Waals surface area contributed by atoms with Crippen LogP contribution in [0, 0.1) is 0 Å². The van der Waals surface area contributed by atoms with Crippen molar-refractivity contribution in [1.29, 1.82) is 0 Å². The first-order valence-corrected chi connectivity index (χ1v) is 30.0. The minimum atomic E-state index is -4.64. The normalized spacial score (nSPS) is 13.8. The number of allylic oxidation sites excluding steroid dienone is 10. The zero-order chi connectivity index (χ0) is 50.6. The molecule has 0 aromatic rings. The Morgan fingerprint density at radius 1 is 0.449 bits per heavy atom. The Morgan fingerprint density at radius 3 is 1.17 bits per heavy atom. The molecule has 2 unspecified atom stereocenters. The predicted molar refractivity (Wildman–Crippen MR) is 291 cm³/mol. The lowest BCUT2D eigenvalue weighted by atomic mass is 10.0. The maximum atomic E-state index is 12.8. The Morgan fingerprint density at radius 2 is 0.783 bits per heavy atom. The Bertz CT molecular complexity index is 1350. The van der Waals surface area contributed by atoms with Gasteiger partial charge in [0.1, 0.15) is 19.8 Å². The zero-order valence-electron chi connectivity index (χ0n) is 45.5. The van der Waals surface area contributed by atoms with Gasteiger partial charge in [-0.25, -0.2) is 0 Å². The molecule has 0 spiro atoms. The first kappa shape index (κ1) is 66.7. The standard InChI is InChI=1S/C59H108NO8P/c1-6-8-10-12-14-16-18-20-22-24-25-26-27-28-29-30-31-32-33-34-35-36-38-40-42-44-46-48-50-52-59(62)68-57(56-67-69(63,64)66-54-53-60(3,4)5)55-65-58(61)51-49-47-45-43-41-39-37-23-21-19-17-15-13-11-9-7-2/h17-20,23-25,27-28,37,57H,6-16,21-22,26,29-36,38-56H2,1-5H3/b19-17-,20-18-,25-24-,28-27-,37-23-. The van der Waals surface area contributed by atoms with Crippen LogP contribution in [0.1, 0.15) is 251 Å². The van der Waals surface area contributed by atoms with Crippen LogP contribution >= 0.6 is 7.82 Å². The van der Waals surface area contributed by atoms with Crippen molar-refractivity contribution in [1.82, 2.24) is 0 Å². The third-order valence-electron chi connectivity index (χ3n) is 12.3. The van der Waals surface area contributed by atoms with Crippen molar-refractivity contribution in [3.05, 3.63) is 60.8 Å². The molecule has 0 fully saturated rings. The van der Waals surface area contributed by atoms with Crippen molar-refractivity contribution < 1.29 is 42.1 Å². The molecule has 0 aliphatic heterocycles. The Labute approximate surface area is 426 Å². The monoisotopic (exact) mass is 990 g/mol. The third kappa shape index (κ3) is 54.9. The highest BCUT2D eigenvalue weighted by Gasteiger charge is 2.21. The van der Waals surface area contributed by atoms with E-state index in [2.05, 4.69) is 74.6 Å². The van der Waals surface area contributed by atoms with Crippen LogP contribution in [0.15, 0.2) is 60.8 Å². The molecule has 2 atom stereocenters. The van der Waals surface area contributed by atoms with Crippen molar-refractivity contribution in [3.8, 4) is 0 Å². The van der Waals surface area contributed by atoms with Gasteiger partial charge in [-0.1, -0.05) is 216 Å². The number of rotatable bonds is 52. The summed E-state index contributed by atoms with van der Waals surface area (Å²) in [6.07, 6.45) is 64.1. The lowest BCUT2D eigenvalue weighted by Gasteiger charge is -2.28. The van der Waals surface area contributed by atoms with Crippen LogP contribution < -0.4 is 4.89 Å². The van der Waals surface area contributed by atoms with Crippen LogP contribution in [0.3, 0.4) is 0 Å². The third-order valence-corrected chi connectivity index (χ3v) is 13.2. The molecule has 0 amide bonds. The summed E-state index contributed by atoms with van der Waals surface area (Å²) >= 11 is 0. The molecule has 0 bridgehead atoms. The lowest BCUT2D eigenvalue weighted by Crippen LogP contribution is -2.37. The molecule has 0 aliphatic carbocycles. The summed E-state index contributed by atoms with van der Waals surface area (Å²) in [4.78, 5) is 37.8. The van der Waals surface area contributed by atoms with Gasteiger partial charge in [0.15, 0.2) is 6.10 Å². The van der Waals surface area contributed by atoms with Crippen molar-refractivity contribution in [3.63, 3.8) is 0 Å². The van der Waals surface area contributed by atoms with Gasteiger partial charge in [-0.05, 0) is 83.5 Å². The molecule has 0 aromatic heterocycles. The number of phosphoric ester groups is 1. The molecular weight excluding hydrogens is 882 g/mol. The molecule has 0 heterocycles. The fourth-order valence-corrected chi connectivity index (χ4v) is 8.54. The molecule has 10 heteroatoms. The molecule has 402 valence electrons. The molecule has 0 N–H and O–H groups in total. The number of hydrogen-bond donors (Lipinski definition) is 0. The average Bonchev–Trinajstić information content (AvgIpc) is 3.31. The summed E-state index contributed by atoms with van der Waals surface area (Å²) in [5, 5.41) is 0. The summed E-state index contributed by atoms with van der Waals surface area (Å²) in [6, 6.07) is 0. The molecule has 9 nitrogen and oxygen atoms in total. The number of phosphoric acid groups is 1. The maximum Gasteiger partial charge on any atom is 0.306 e. The van der Waals surface area contributed by atoms with Gasteiger partial charge < -0.3 is 27.9 Å². The van der Waals surface area contributed by atoms with E-state index in [-0.39, 0.29) is 26.1 Å². The smallest absolute Gasteiger partial charge is 0.306 e. The number of quaternary nitrogens is 1. The van der Waals surface area contributed by atoms with Crippen molar-refractivity contribution in [2.45, 2.75) is 258 Å². The van der Waals surface area contributed by atoms with Gasteiger partial charge in [-0.15, -0.1) is 0 Å². The number of carbonyl (C=O) groups is 2. The summed E-state index contributed by atoms with van der Waals surface area (Å²) in [5.74, 6) is -0.846. The Kier molecular flexibility index (Phi) is 49.0. The first-order valence-electron chi connectivity index (χ1n) is 28.5. The summed E-state index contributed by atoms with van der Waals surface area (Å²) in [6.45, 7) is 4.21. The van der Waals surface area contributed by atoms with Gasteiger partial charge in [0, 0.05) is 12.8 Å². The minimum Gasteiger partial charge on any atom is -0.756 e. The van der Waals surface area contributed by atoms with Crippen molar-refractivity contribution >= 4 is 19.8 Å². The molecule has 0 radical (unpaired) electrons. The van der Waals surface area contributed by atoms with Crippen LogP contribution in [0.2, 0.25) is 0 Å². The maximum absolute atomic E-state index is 12.8. The van der Waals surface area contributed by atoms with Gasteiger partial charge in [-0.3, -0.25) is 14.2 Å². The highest BCUT2D eigenvalue weighted by atomic mass is 31.2. The second-order valence-electron chi connectivity index (χ2n) is 20.3. The van der Waals surface area contributed by atoms with Gasteiger partial charge in [0.25, 0.3) is 7.82 Å². The van der Waals surface area contributed by atoms with Gasteiger partial charge in [-0.2, -0.15) is 0 Å². The summed E-state index contributed by atoms with van der Waals surface area (Å²) < 4.78 is 34.1. The molecule has 0 aromatic carbocycles. The van der Waals surface area contributed by atoms with E-state index < -0.39 is 32.5 Å². The minimum absolute atomic E-state index is 0.0345. The fourth-order valence-electron chi connectivity index (χ4n) is 7.81. The predicted octanol–water partition coefficient (Wildman–Crippen LogP) is 16.9. The number of ether oxygens (including phenoxy) is 2. The van der Waals surface area contributed by atoms with Crippen molar-refractivity contribution in [2.24, 2.45) is 0 Å². The van der Waals surface area contributed by atoms with Crippen LogP contribution in [0.5, 0.6) is 0 Å². The van der Waals surface area contributed by atoms with E-state index in [1.807, 2.05) is 21.1 Å². The fraction of sp³-hybridized carbons (Fsp3) is 0.797. The highest BCUT2D eigenvalue weighted by Crippen LogP contribution is 2.38. The van der Waals surface area contributed by atoms with Crippen molar-refractivity contribution in [2.75, 3.05) is 47.5 Å². The molecular formula is C59H108NO8P. The van der Waals surface area contributed by atoms with E-state index in [1.54, 1.807) is 0 Å².